The lowest BCUT2D eigenvalue weighted by Gasteiger charge is -2.22. The summed E-state index contributed by atoms with van der Waals surface area (Å²) < 4.78 is 27.4. The van der Waals surface area contributed by atoms with Gasteiger partial charge in [0.15, 0.2) is 0 Å². The predicted molar refractivity (Wildman–Crippen MR) is 115 cm³/mol. The van der Waals surface area contributed by atoms with Crippen molar-refractivity contribution in [3.05, 3.63) is 34.9 Å². The number of hydrogen-bond acceptors (Lipinski definition) is 4. The molecule has 4 rings (SSSR count). The summed E-state index contributed by atoms with van der Waals surface area (Å²) in [6.45, 7) is 4.46. The van der Waals surface area contributed by atoms with Gasteiger partial charge in [-0.25, -0.2) is 8.78 Å². The van der Waals surface area contributed by atoms with E-state index in [0.29, 0.717) is 19.0 Å². The monoisotopic (exact) mass is 458 g/mol. The van der Waals surface area contributed by atoms with Gasteiger partial charge in [-0.3, -0.25) is 14.4 Å². The molecule has 0 aromatic heterocycles. The molecule has 7 nitrogen and oxygen atoms in total. The SMILES string of the molecule is CC(C)Cc1cccc2c1CN(C(=O)C[C@@H]1C[C@@H](C(=O)N3CC(F)(F)C[C@H]3C#N)NC1=O)C2. The maximum absolute atomic E-state index is 13.7. The molecule has 3 aliphatic heterocycles. The second-order valence-corrected chi connectivity index (χ2v) is 9.77. The van der Waals surface area contributed by atoms with E-state index in [1.165, 1.54) is 11.1 Å². The van der Waals surface area contributed by atoms with E-state index in [1.807, 2.05) is 12.1 Å². The van der Waals surface area contributed by atoms with Crippen molar-refractivity contribution in [3.63, 3.8) is 0 Å². The van der Waals surface area contributed by atoms with Crippen LogP contribution in [0.3, 0.4) is 0 Å². The lowest BCUT2D eigenvalue weighted by Crippen LogP contribution is -2.46. The molecule has 1 N–H and O–H groups in total. The Bertz CT molecular complexity index is 1020. The summed E-state index contributed by atoms with van der Waals surface area (Å²) in [6.07, 6.45) is 0.245. The molecule has 176 valence electrons. The highest BCUT2D eigenvalue weighted by molar-refractivity contribution is 5.94. The summed E-state index contributed by atoms with van der Waals surface area (Å²) in [6, 6.07) is 5.64. The van der Waals surface area contributed by atoms with Crippen molar-refractivity contribution in [2.45, 2.75) is 70.6 Å². The van der Waals surface area contributed by atoms with E-state index in [1.54, 1.807) is 11.0 Å². The van der Waals surface area contributed by atoms with Crippen LogP contribution in [0.4, 0.5) is 8.78 Å². The molecule has 0 spiro atoms. The van der Waals surface area contributed by atoms with Gasteiger partial charge in [-0.05, 0) is 35.4 Å². The zero-order chi connectivity index (χ0) is 23.9. The van der Waals surface area contributed by atoms with Gasteiger partial charge in [0.25, 0.3) is 5.92 Å². The molecular weight excluding hydrogens is 430 g/mol. The molecule has 0 aliphatic carbocycles. The van der Waals surface area contributed by atoms with Gasteiger partial charge in [0.05, 0.1) is 12.6 Å². The molecular formula is C24H28F2N4O3. The zero-order valence-corrected chi connectivity index (χ0v) is 18.8. The molecule has 2 saturated heterocycles. The first-order chi connectivity index (χ1) is 15.6. The van der Waals surface area contributed by atoms with Crippen molar-refractivity contribution in [2.24, 2.45) is 11.8 Å². The molecule has 0 unspecified atom stereocenters. The van der Waals surface area contributed by atoms with Gasteiger partial charge in [-0.1, -0.05) is 32.0 Å². The molecule has 2 fully saturated rings. The number of nitrogens with one attached hydrogen (secondary N) is 1. The van der Waals surface area contributed by atoms with Crippen LogP contribution in [0.15, 0.2) is 18.2 Å². The molecule has 3 aliphatic rings. The summed E-state index contributed by atoms with van der Waals surface area (Å²) in [5.41, 5.74) is 3.51. The third-order valence-corrected chi connectivity index (χ3v) is 6.69. The number of carbonyl (C=O) groups is 3. The fraction of sp³-hybridized carbons (Fsp3) is 0.583. The molecule has 1 aromatic carbocycles. The minimum absolute atomic E-state index is 0.0407. The standard InChI is InChI=1S/C24H28F2N4O3/c1-14(2)6-15-4-3-5-16-11-29(12-19(15)16)21(31)8-17-7-20(28-22(17)32)23(33)30-13-24(25,26)9-18(30)10-27/h3-5,14,17-18,20H,6-9,11-13H2,1-2H3,(H,28,32)/t17-,18-,20-/m0/s1. The highest BCUT2D eigenvalue weighted by Gasteiger charge is 2.50. The topological polar surface area (TPSA) is 93.5 Å². The number of halogens is 2. The van der Waals surface area contributed by atoms with Gasteiger partial charge in [-0.15, -0.1) is 0 Å². The van der Waals surface area contributed by atoms with Crippen LogP contribution in [0.5, 0.6) is 0 Å². The molecule has 3 heterocycles. The number of nitrogens with zero attached hydrogens (tertiary/aromatic N) is 3. The predicted octanol–water partition coefficient (Wildman–Crippen LogP) is 2.38. The average molecular weight is 459 g/mol. The molecule has 1 aromatic rings. The van der Waals surface area contributed by atoms with Crippen LogP contribution in [-0.4, -0.2) is 52.1 Å². The molecule has 0 radical (unpaired) electrons. The highest BCUT2D eigenvalue weighted by atomic mass is 19.3. The fourth-order valence-corrected chi connectivity index (χ4v) is 5.08. The maximum Gasteiger partial charge on any atom is 0.268 e. The van der Waals surface area contributed by atoms with E-state index in [0.717, 1.165) is 16.9 Å². The highest BCUT2D eigenvalue weighted by Crippen LogP contribution is 2.34. The van der Waals surface area contributed by atoms with Crippen molar-refractivity contribution >= 4 is 17.7 Å². The number of hydrogen-bond donors (Lipinski definition) is 1. The van der Waals surface area contributed by atoms with Crippen LogP contribution in [-0.2, 0) is 33.9 Å². The summed E-state index contributed by atoms with van der Waals surface area (Å²) in [7, 11) is 0. The quantitative estimate of drug-likeness (QED) is 0.733. The molecule has 3 amide bonds. The Hall–Kier alpha value is -3.02. The van der Waals surface area contributed by atoms with E-state index >= 15 is 0 Å². The molecule has 9 heteroatoms. The molecule has 3 atom stereocenters. The maximum atomic E-state index is 13.7. The van der Waals surface area contributed by atoms with Crippen LogP contribution >= 0.6 is 0 Å². The smallest absolute Gasteiger partial charge is 0.268 e. The fourth-order valence-electron chi connectivity index (χ4n) is 5.08. The molecule has 0 saturated carbocycles. The Labute approximate surface area is 191 Å². The largest absolute Gasteiger partial charge is 0.344 e. The number of carbonyl (C=O) groups excluding carboxylic acids is 3. The van der Waals surface area contributed by atoms with Crippen LogP contribution in [0.2, 0.25) is 0 Å². The zero-order valence-electron chi connectivity index (χ0n) is 18.8. The first kappa shape index (κ1) is 23.1. The first-order valence-electron chi connectivity index (χ1n) is 11.3. The number of benzene rings is 1. The van der Waals surface area contributed by atoms with Crippen molar-refractivity contribution in [1.29, 1.82) is 5.26 Å². The summed E-state index contributed by atoms with van der Waals surface area (Å²) in [4.78, 5) is 40.8. The second kappa shape index (κ2) is 8.73. The number of nitriles is 1. The van der Waals surface area contributed by atoms with Gasteiger partial charge >= 0.3 is 0 Å². The van der Waals surface area contributed by atoms with Gasteiger partial charge in [0, 0.05) is 31.8 Å². The van der Waals surface area contributed by atoms with Crippen molar-refractivity contribution < 1.29 is 23.2 Å². The summed E-state index contributed by atoms with van der Waals surface area (Å²) >= 11 is 0. The molecule has 33 heavy (non-hydrogen) atoms. The number of amides is 3. The number of alkyl halides is 2. The Morgan fingerprint density at radius 1 is 1.30 bits per heavy atom. The second-order valence-electron chi connectivity index (χ2n) is 9.77. The van der Waals surface area contributed by atoms with E-state index < -0.39 is 48.7 Å². The van der Waals surface area contributed by atoms with Crippen LogP contribution in [0.25, 0.3) is 0 Å². The number of fused-ring (bicyclic) bond motifs is 1. The first-order valence-corrected chi connectivity index (χ1v) is 11.3. The summed E-state index contributed by atoms with van der Waals surface area (Å²) in [5.74, 6) is -4.61. The normalized spacial score (nSPS) is 25.8. The van der Waals surface area contributed by atoms with E-state index in [4.69, 9.17) is 5.26 Å². The third-order valence-electron chi connectivity index (χ3n) is 6.69. The van der Waals surface area contributed by atoms with Crippen molar-refractivity contribution in [1.82, 2.24) is 15.1 Å². The minimum atomic E-state index is -3.12. The van der Waals surface area contributed by atoms with Gasteiger partial charge < -0.3 is 15.1 Å². The van der Waals surface area contributed by atoms with Gasteiger partial charge in [-0.2, -0.15) is 5.26 Å². The van der Waals surface area contributed by atoms with Crippen LogP contribution in [0, 0.1) is 23.2 Å². The van der Waals surface area contributed by atoms with Crippen molar-refractivity contribution in [3.8, 4) is 6.07 Å². The Balaban J connectivity index is 1.37. The van der Waals surface area contributed by atoms with Crippen LogP contribution in [0.1, 0.15) is 49.8 Å². The lowest BCUT2D eigenvalue weighted by atomic mass is 9.96. The van der Waals surface area contributed by atoms with Crippen molar-refractivity contribution in [2.75, 3.05) is 6.54 Å². The Kier molecular flexibility index (Phi) is 6.12. The summed E-state index contributed by atoms with van der Waals surface area (Å²) in [5, 5.41) is 11.7. The Morgan fingerprint density at radius 3 is 2.76 bits per heavy atom. The molecule has 0 bridgehead atoms. The average Bonchev–Trinajstić information content (AvgIpc) is 3.42. The Morgan fingerprint density at radius 2 is 2.06 bits per heavy atom. The number of rotatable bonds is 5. The van der Waals surface area contributed by atoms with Gasteiger partial charge in [0.1, 0.15) is 12.1 Å². The van der Waals surface area contributed by atoms with E-state index in [-0.39, 0.29) is 18.7 Å². The minimum Gasteiger partial charge on any atom is -0.344 e. The van der Waals surface area contributed by atoms with E-state index in [9.17, 15) is 23.2 Å². The lowest BCUT2D eigenvalue weighted by molar-refractivity contribution is -0.135. The van der Waals surface area contributed by atoms with E-state index in [2.05, 4.69) is 25.2 Å². The van der Waals surface area contributed by atoms with Gasteiger partial charge in [0.2, 0.25) is 17.7 Å². The van der Waals surface area contributed by atoms with Crippen LogP contribution < -0.4 is 5.32 Å². The number of likely N-dealkylation sites (tertiary alicyclic amines) is 1. The third kappa shape index (κ3) is 4.70.